The van der Waals surface area contributed by atoms with Gasteiger partial charge < -0.3 is 9.73 Å². The topological polar surface area (TPSA) is 51.0 Å². The van der Waals surface area contributed by atoms with Gasteiger partial charge in [0, 0.05) is 10.0 Å². The molecule has 96 valence electrons. The summed E-state index contributed by atoms with van der Waals surface area (Å²) in [6.07, 6.45) is 0. The average Bonchev–Trinajstić information content (AvgIpc) is 2.82. The fourth-order valence-electron chi connectivity index (χ4n) is 1.55. The molecule has 1 atom stereocenters. The van der Waals surface area contributed by atoms with Gasteiger partial charge in [0.15, 0.2) is 0 Å². The minimum atomic E-state index is 0.0481. The monoisotopic (exact) mass is 329 g/mol. The molecule has 1 aromatic carbocycles. The van der Waals surface area contributed by atoms with E-state index in [0.717, 1.165) is 16.6 Å². The molecule has 1 heterocycles. The van der Waals surface area contributed by atoms with Gasteiger partial charge >= 0.3 is 0 Å². The first-order chi connectivity index (χ1) is 8.61. The van der Waals surface area contributed by atoms with E-state index in [1.165, 1.54) is 0 Å². The Morgan fingerprint density at radius 2 is 2.22 bits per heavy atom. The minimum Gasteiger partial charge on any atom is -0.419 e. The molecule has 1 N–H and O–H groups in total. The Morgan fingerprint density at radius 3 is 2.89 bits per heavy atom. The molecule has 0 saturated carbocycles. The quantitative estimate of drug-likeness (QED) is 0.926. The van der Waals surface area contributed by atoms with Gasteiger partial charge in [-0.3, -0.25) is 0 Å². The van der Waals surface area contributed by atoms with Crippen LogP contribution in [0.5, 0.6) is 0 Å². The third-order valence-electron chi connectivity index (χ3n) is 2.49. The van der Waals surface area contributed by atoms with E-state index in [9.17, 15) is 0 Å². The van der Waals surface area contributed by atoms with E-state index < -0.39 is 0 Å². The Labute approximate surface area is 119 Å². The summed E-state index contributed by atoms with van der Waals surface area (Å²) >= 11 is 9.31. The average molecular weight is 331 g/mol. The number of benzene rings is 1. The predicted octanol–water partition coefficient (Wildman–Crippen LogP) is 3.82. The second kappa shape index (κ2) is 5.82. The molecule has 1 unspecified atom stereocenters. The molecule has 0 aliphatic carbocycles. The lowest BCUT2D eigenvalue weighted by atomic mass is 10.2. The lowest BCUT2D eigenvalue weighted by Crippen LogP contribution is -2.17. The van der Waals surface area contributed by atoms with Crippen LogP contribution in [0.15, 0.2) is 27.1 Å². The molecule has 1 aromatic heterocycles. The van der Waals surface area contributed by atoms with Crippen LogP contribution in [-0.4, -0.2) is 16.7 Å². The van der Waals surface area contributed by atoms with Crippen molar-refractivity contribution in [3.05, 3.63) is 33.6 Å². The summed E-state index contributed by atoms with van der Waals surface area (Å²) in [4.78, 5) is 0. The second-order valence-electron chi connectivity index (χ2n) is 3.85. The zero-order chi connectivity index (χ0) is 13.1. The number of nitrogens with one attached hydrogen (secondary N) is 1. The van der Waals surface area contributed by atoms with Gasteiger partial charge in [-0.25, -0.2) is 0 Å². The molecule has 0 bridgehead atoms. The SMILES string of the molecule is CCNC(C)c1nnc(-c2ccc(Cl)c(Br)c2)o1. The van der Waals surface area contributed by atoms with Crippen molar-refractivity contribution in [3.8, 4) is 11.5 Å². The Balaban J connectivity index is 2.26. The number of nitrogens with zero attached hydrogens (tertiary/aromatic N) is 2. The lowest BCUT2D eigenvalue weighted by molar-refractivity contribution is 0.429. The second-order valence-corrected chi connectivity index (χ2v) is 5.12. The largest absolute Gasteiger partial charge is 0.419 e. The van der Waals surface area contributed by atoms with Gasteiger partial charge in [-0.15, -0.1) is 10.2 Å². The molecular weight excluding hydrogens is 318 g/mol. The number of rotatable bonds is 4. The summed E-state index contributed by atoms with van der Waals surface area (Å²) in [5.74, 6) is 1.07. The Bertz CT molecular complexity index is 544. The van der Waals surface area contributed by atoms with Crippen LogP contribution in [0.2, 0.25) is 5.02 Å². The van der Waals surface area contributed by atoms with Gasteiger partial charge in [-0.05, 0) is 47.6 Å². The molecule has 0 aliphatic rings. The Hall–Kier alpha value is -0.910. The third-order valence-corrected chi connectivity index (χ3v) is 3.70. The van der Waals surface area contributed by atoms with Gasteiger partial charge in [0.05, 0.1) is 11.1 Å². The summed E-state index contributed by atoms with van der Waals surface area (Å²) in [7, 11) is 0. The summed E-state index contributed by atoms with van der Waals surface area (Å²) in [5.41, 5.74) is 0.841. The minimum absolute atomic E-state index is 0.0481. The maximum Gasteiger partial charge on any atom is 0.247 e. The van der Waals surface area contributed by atoms with Crippen LogP contribution in [0.25, 0.3) is 11.5 Å². The molecule has 0 spiro atoms. The molecule has 0 amide bonds. The van der Waals surface area contributed by atoms with Crippen LogP contribution < -0.4 is 5.32 Å². The highest BCUT2D eigenvalue weighted by molar-refractivity contribution is 9.10. The standard InChI is InChI=1S/C12H13BrClN3O/c1-3-15-7(2)11-16-17-12(18-11)8-4-5-10(14)9(13)6-8/h4-7,15H,3H2,1-2H3. The van der Waals surface area contributed by atoms with Crippen molar-refractivity contribution in [2.24, 2.45) is 0 Å². The van der Waals surface area contributed by atoms with Crippen LogP contribution in [0.4, 0.5) is 0 Å². The highest BCUT2D eigenvalue weighted by atomic mass is 79.9. The number of halogens is 2. The van der Waals surface area contributed by atoms with Crippen molar-refractivity contribution < 1.29 is 4.42 Å². The van der Waals surface area contributed by atoms with Crippen LogP contribution in [-0.2, 0) is 0 Å². The highest BCUT2D eigenvalue weighted by Crippen LogP contribution is 2.28. The van der Waals surface area contributed by atoms with Crippen molar-refractivity contribution in [3.63, 3.8) is 0 Å². The van der Waals surface area contributed by atoms with E-state index in [1.54, 1.807) is 6.07 Å². The molecule has 2 aromatic rings. The van der Waals surface area contributed by atoms with E-state index >= 15 is 0 Å². The molecule has 18 heavy (non-hydrogen) atoms. The molecular formula is C12H13BrClN3O. The van der Waals surface area contributed by atoms with Crippen molar-refractivity contribution in [2.75, 3.05) is 6.54 Å². The summed E-state index contributed by atoms with van der Waals surface area (Å²) in [6.45, 7) is 4.87. The zero-order valence-corrected chi connectivity index (χ0v) is 12.4. The smallest absolute Gasteiger partial charge is 0.247 e. The van der Waals surface area contributed by atoms with E-state index in [4.69, 9.17) is 16.0 Å². The molecule has 0 fully saturated rings. The third kappa shape index (κ3) is 2.91. The molecule has 0 radical (unpaired) electrons. The van der Waals surface area contributed by atoms with Crippen molar-refractivity contribution in [1.29, 1.82) is 0 Å². The van der Waals surface area contributed by atoms with Crippen LogP contribution in [0, 0.1) is 0 Å². The van der Waals surface area contributed by atoms with Gasteiger partial charge in [-0.1, -0.05) is 18.5 Å². The Kier molecular flexibility index (Phi) is 4.37. The summed E-state index contributed by atoms with van der Waals surface area (Å²) in [6, 6.07) is 5.55. The zero-order valence-electron chi connectivity index (χ0n) is 10.1. The highest BCUT2D eigenvalue weighted by Gasteiger charge is 2.14. The van der Waals surface area contributed by atoms with Gasteiger partial charge in [0.25, 0.3) is 0 Å². The van der Waals surface area contributed by atoms with E-state index in [2.05, 4.69) is 31.4 Å². The molecule has 6 heteroatoms. The molecule has 4 nitrogen and oxygen atoms in total. The van der Waals surface area contributed by atoms with Crippen molar-refractivity contribution in [1.82, 2.24) is 15.5 Å². The lowest BCUT2D eigenvalue weighted by Gasteiger charge is -2.05. The van der Waals surface area contributed by atoms with Crippen molar-refractivity contribution in [2.45, 2.75) is 19.9 Å². The van der Waals surface area contributed by atoms with Gasteiger partial charge in [-0.2, -0.15) is 0 Å². The molecule has 0 saturated heterocycles. The van der Waals surface area contributed by atoms with Crippen LogP contribution in [0.1, 0.15) is 25.8 Å². The normalized spacial score (nSPS) is 12.7. The summed E-state index contributed by atoms with van der Waals surface area (Å²) < 4.78 is 6.44. The summed E-state index contributed by atoms with van der Waals surface area (Å²) in [5, 5.41) is 11.9. The van der Waals surface area contributed by atoms with Gasteiger partial charge in [0.2, 0.25) is 11.8 Å². The first-order valence-corrected chi connectivity index (χ1v) is 6.81. The number of aromatic nitrogens is 2. The van der Waals surface area contributed by atoms with Gasteiger partial charge in [0.1, 0.15) is 0 Å². The first kappa shape index (κ1) is 13.5. The Morgan fingerprint density at radius 1 is 1.44 bits per heavy atom. The number of hydrogen-bond acceptors (Lipinski definition) is 4. The molecule has 0 aliphatic heterocycles. The fraction of sp³-hybridized carbons (Fsp3) is 0.333. The first-order valence-electron chi connectivity index (χ1n) is 5.64. The van der Waals surface area contributed by atoms with Crippen molar-refractivity contribution >= 4 is 27.5 Å². The van der Waals surface area contributed by atoms with E-state index in [0.29, 0.717) is 16.8 Å². The van der Waals surface area contributed by atoms with E-state index in [1.807, 2.05) is 26.0 Å². The maximum atomic E-state index is 5.94. The predicted molar refractivity (Wildman–Crippen MR) is 74.5 cm³/mol. The fourth-order valence-corrected chi connectivity index (χ4v) is 2.05. The number of hydrogen-bond donors (Lipinski definition) is 1. The van der Waals surface area contributed by atoms with Crippen LogP contribution in [0.3, 0.4) is 0 Å². The molecule has 2 rings (SSSR count). The van der Waals surface area contributed by atoms with E-state index in [-0.39, 0.29) is 6.04 Å². The van der Waals surface area contributed by atoms with Crippen LogP contribution >= 0.6 is 27.5 Å². The maximum absolute atomic E-state index is 5.94.